The highest BCUT2D eigenvalue weighted by atomic mass is 28.3. The van der Waals surface area contributed by atoms with Crippen LogP contribution >= 0.6 is 0 Å². The highest BCUT2D eigenvalue weighted by Crippen LogP contribution is 2.44. The molecule has 186 valence electrons. The van der Waals surface area contributed by atoms with E-state index in [0.29, 0.717) is 16.6 Å². The van der Waals surface area contributed by atoms with Gasteiger partial charge < -0.3 is 4.74 Å². The van der Waals surface area contributed by atoms with Crippen LogP contribution in [0.3, 0.4) is 0 Å². The van der Waals surface area contributed by atoms with Crippen LogP contribution in [0.2, 0.25) is 16.6 Å². The first kappa shape index (κ1) is 29.2. The van der Waals surface area contributed by atoms with Gasteiger partial charge in [0.2, 0.25) is 0 Å². The zero-order valence-electron chi connectivity index (χ0n) is 22.6. The molecule has 0 saturated carbocycles. The van der Waals surface area contributed by atoms with Crippen molar-refractivity contribution in [3.05, 3.63) is 23.1 Å². The average Bonchev–Trinajstić information content (AvgIpc) is 3.07. The van der Waals surface area contributed by atoms with E-state index in [0.717, 1.165) is 24.2 Å². The molecule has 2 nitrogen and oxygen atoms in total. The van der Waals surface area contributed by atoms with Crippen LogP contribution < -0.4 is 0 Å². The van der Waals surface area contributed by atoms with Gasteiger partial charge in [0.1, 0.15) is 5.76 Å². The quantitative estimate of drug-likeness (QED) is 0.115. The van der Waals surface area contributed by atoms with Gasteiger partial charge in [0.15, 0.2) is 0 Å². The lowest BCUT2D eigenvalue weighted by Gasteiger charge is -2.40. The molecule has 3 heteroatoms. The molecular weight excluding hydrogens is 408 g/mol. The van der Waals surface area contributed by atoms with E-state index in [-0.39, 0.29) is 5.97 Å². The molecule has 0 saturated heterocycles. The highest BCUT2D eigenvalue weighted by molar-refractivity contribution is 6.88. The van der Waals surface area contributed by atoms with Crippen LogP contribution in [0.1, 0.15) is 138 Å². The Hall–Kier alpha value is -0.833. The van der Waals surface area contributed by atoms with Crippen molar-refractivity contribution in [1.82, 2.24) is 0 Å². The maximum absolute atomic E-state index is 12.1. The van der Waals surface area contributed by atoms with Gasteiger partial charge in [-0.2, -0.15) is 0 Å². The molecule has 0 aromatic rings. The number of unbranched alkanes of at least 4 members (excludes halogenated alkanes) is 12. The van der Waals surface area contributed by atoms with E-state index in [4.69, 9.17) is 4.74 Å². The predicted molar refractivity (Wildman–Crippen MR) is 144 cm³/mol. The molecule has 1 heterocycles. The zero-order chi connectivity index (χ0) is 24.0. The van der Waals surface area contributed by atoms with Crippen molar-refractivity contribution in [2.75, 3.05) is 0 Å². The number of carbonyl (C=O) groups excluding carboxylic acids is 1. The molecule has 0 amide bonds. The summed E-state index contributed by atoms with van der Waals surface area (Å²) in [6.07, 6.45) is 20.5. The largest absolute Gasteiger partial charge is 0.424 e. The summed E-state index contributed by atoms with van der Waals surface area (Å²) >= 11 is 0. The number of carbonyl (C=O) groups is 1. The number of cyclic esters (lactones) is 1. The van der Waals surface area contributed by atoms with Crippen LogP contribution in [-0.2, 0) is 9.53 Å². The smallest absolute Gasteiger partial charge is 0.336 e. The van der Waals surface area contributed by atoms with Crippen LogP contribution in [0.25, 0.3) is 0 Å². The third kappa shape index (κ3) is 9.57. The minimum Gasteiger partial charge on any atom is -0.424 e. The topological polar surface area (TPSA) is 26.3 Å². The van der Waals surface area contributed by atoms with Crippen LogP contribution in [0, 0.1) is 0 Å². The Morgan fingerprint density at radius 1 is 0.719 bits per heavy atom. The fourth-order valence-electron chi connectivity index (χ4n) is 5.79. The molecule has 0 fully saturated rings. The fourth-order valence-corrected chi connectivity index (χ4v) is 11.5. The van der Waals surface area contributed by atoms with Crippen molar-refractivity contribution in [3.8, 4) is 0 Å². The lowest BCUT2D eigenvalue weighted by molar-refractivity contribution is -0.132. The molecule has 0 bridgehead atoms. The third-order valence-electron chi connectivity index (χ3n) is 7.75. The van der Waals surface area contributed by atoms with E-state index in [1.807, 2.05) is 0 Å². The summed E-state index contributed by atoms with van der Waals surface area (Å²) in [5.74, 6) is 0.733. The van der Waals surface area contributed by atoms with Crippen molar-refractivity contribution < 1.29 is 9.53 Å². The van der Waals surface area contributed by atoms with E-state index in [1.165, 1.54) is 77.0 Å². The Balaban J connectivity index is 2.37. The number of rotatable bonds is 18. The minimum absolute atomic E-state index is 0.167. The molecule has 1 aliphatic heterocycles. The van der Waals surface area contributed by atoms with Gasteiger partial charge in [0, 0.05) is 11.6 Å². The molecule has 32 heavy (non-hydrogen) atoms. The van der Waals surface area contributed by atoms with Crippen molar-refractivity contribution in [2.24, 2.45) is 0 Å². The maximum Gasteiger partial charge on any atom is 0.336 e. The summed E-state index contributed by atoms with van der Waals surface area (Å²) in [6.45, 7) is 16.4. The average molecular weight is 463 g/mol. The molecule has 1 rings (SSSR count). The van der Waals surface area contributed by atoms with Gasteiger partial charge >= 0.3 is 5.97 Å². The van der Waals surface area contributed by atoms with Crippen LogP contribution in [0.4, 0.5) is 0 Å². The number of ether oxygens (including phenoxy) is 1. The summed E-state index contributed by atoms with van der Waals surface area (Å²) in [7, 11) is -1.73. The number of hydrogen-bond acceptors (Lipinski definition) is 2. The van der Waals surface area contributed by atoms with Gasteiger partial charge in [0.25, 0.3) is 0 Å². The number of hydrogen-bond donors (Lipinski definition) is 0. The van der Waals surface area contributed by atoms with E-state index in [2.05, 4.69) is 54.2 Å². The summed E-state index contributed by atoms with van der Waals surface area (Å²) in [4.78, 5) is 12.1. The Morgan fingerprint density at radius 3 is 1.53 bits per heavy atom. The van der Waals surface area contributed by atoms with Gasteiger partial charge in [0.05, 0.1) is 8.07 Å². The molecule has 0 spiro atoms. The standard InChI is InChI=1S/C29H54O2Si/c1-8-9-10-11-12-13-14-15-16-17-18-19-20-21-27-22-29(30)31-28(27)23-32(24(2)3,25(4)5)26(6)7/h22-26H,8-21H2,1-7H3/b28-23-. The molecule has 0 atom stereocenters. The highest BCUT2D eigenvalue weighted by Gasteiger charge is 2.42. The van der Waals surface area contributed by atoms with E-state index < -0.39 is 8.07 Å². The zero-order valence-corrected chi connectivity index (χ0v) is 23.6. The van der Waals surface area contributed by atoms with Crippen LogP contribution in [0.5, 0.6) is 0 Å². The van der Waals surface area contributed by atoms with Gasteiger partial charge in [-0.15, -0.1) is 0 Å². The van der Waals surface area contributed by atoms with E-state index in [9.17, 15) is 4.79 Å². The molecular formula is C29H54O2Si. The normalized spacial score (nSPS) is 16.0. The Bertz CT molecular complexity index is 564. The Kier molecular flexibility index (Phi) is 14.5. The third-order valence-corrected chi connectivity index (χ3v) is 14.5. The summed E-state index contributed by atoms with van der Waals surface area (Å²) < 4.78 is 5.71. The van der Waals surface area contributed by atoms with Crippen molar-refractivity contribution in [2.45, 2.75) is 155 Å². The second-order valence-electron chi connectivity index (χ2n) is 11.1. The van der Waals surface area contributed by atoms with Gasteiger partial charge in [-0.3, -0.25) is 0 Å². The first-order valence-electron chi connectivity index (χ1n) is 13.9. The van der Waals surface area contributed by atoms with Crippen molar-refractivity contribution in [3.63, 3.8) is 0 Å². The van der Waals surface area contributed by atoms with E-state index >= 15 is 0 Å². The first-order valence-corrected chi connectivity index (χ1v) is 16.2. The van der Waals surface area contributed by atoms with Crippen LogP contribution in [-0.4, -0.2) is 14.0 Å². The maximum atomic E-state index is 12.1. The molecule has 0 unspecified atom stereocenters. The van der Waals surface area contributed by atoms with Crippen molar-refractivity contribution >= 4 is 14.0 Å². The first-order chi connectivity index (χ1) is 15.3. The summed E-state index contributed by atoms with van der Waals surface area (Å²) in [5.41, 5.74) is 5.48. The lowest BCUT2D eigenvalue weighted by atomic mass is 10.0. The summed E-state index contributed by atoms with van der Waals surface area (Å²) in [6, 6.07) is 0. The number of allylic oxidation sites excluding steroid dienone is 1. The molecule has 0 aromatic carbocycles. The molecule has 1 aliphatic rings. The van der Waals surface area contributed by atoms with Crippen LogP contribution in [0.15, 0.2) is 23.1 Å². The second kappa shape index (κ2) is 15.9. The lowest BCUT2D eigenvalue weighted by Crippen LogP contribution is -2.43. The summed E-state index contributed by atoms with van der Waals surface area (Å²) in [5, 5.41) is 0. The monoisotopic (exact) mass is 462 g/mol. The van der Waals surface area contributed by atoms with E-state index in [1.54, 1.807) is 6.08 Å². The van der Waals surface area contributed by atoms with Crippen molar-refractivity contribution in [1.29, 1.82) is 0 Å². The fraction of sp³-hybridized carbons (Fsp3) is 0.828. The predicted octanol–water partition coefficient (Wildman–Crippen LogP) is 10.1. The molecule has 0 aromatic heterocycles. The molecule has 0 aliphatic carbocycles. The van der Waals surface area contributed by atoms with Gasteiger partial charge in [-0.05, 0) is 29.5 Å². The minimum atomic E-state index is -1.73. The Labute approximate surface area is 201 Å². The molecule has 0 N–H and O–H groups in total. The Morgan fingerprint density at radius 2 is 1.12 bits per heavy atom. The second-order valence-corrected chi connectivity index (χ2v) is 16.8. The van der Waals surface area contributed by atoms with Gasteiger partial charge in [-0.1, -0.05) is 131 Å². The molecule has 0 radical (unpaired) electrons. The van der Waals surface area contributed by atoms with Gasteiger partial charge in [-0.25, -0.2) is 4.79 Å². The number of esters is 1. The SMILES string of the molecule is CCCCCCCCCCCCCCCC1=CC(=O)O/C1=C\[Si](C(C)C)(C(C)C)C(C)C.